The summed E-state index contributed by atoms with van der Waals surface area (Å²) in [5, 5.41) is 0. The molecule has 0 aromatic heterocycles. The van der Waals surface area contributed by atoms with E-state index in [0.29, 0.717) is 6.42 Å². The van der Waals surface area contributed by atoms with Crippen molar-refractivity contribution in [2.24, 2.45) is 5.92 Å². The van der Waals surface area contributed by atoms with Gasteiger partial charge < -0.3 is 4.74 Å². The monoisotopic (exact) mass is 411 g/mol. The summed E-state index contributed by atoms with van der Waals surface area (Å²) in [5.74, 6) is -0.551. The van der Waals surface area contributed by atoms with Crippen LogP contribution in [0.25, 0.3) is 0 Å². The Hall–Kier alpha value is -0.370. The molecule has 1 aliphatic heterocycles. The first-order chi connectivity index (χ1) is 10.3. The lowest BCUT2D eigenvalue weighted by Gasteiger charge is -2.16. The van der Waals surface area contributed by atoms with E-state index in [1.165, 1.54) is 12.1 Å². The molecule has 1 aromatic carbocycles. The van der Waals surface area contributed by atoms with Gasteiger partial charge in [-0.2, -0.15) is 0 Å². The van der Waals surface area contributed by atoms with E-state index in [1.807, 2.05) is 6.92 Å². The molecule has 1 fully saturated rings. The number of ether oxygens (including phenoxy) is 1. The van der Waals surface area contributed by atoms with Crippen LogP contribution in [0.15, 0.2) is 33.6 Å². The zero-order valence-corrected chi connectivity index (χ0v) is 15.3. The molecule has 1 saturated heterocycles. The van der Waals surface area contributed by atoms with Gasteiger partial charge in [0.15, 0.2) is 5.44 Å². The maximum atomic E-state index is 12.7. The summed E-state index contributed by atoms with van der Waals surface area (Å²) in [4.78, 5) is 9.11. The van der Waals surface area contributed by atoms with Crippen molar-refractivity contribution in [2.75, 3.05) is 0 Å². The predicted octanol–water partition coefficient (Wildman–Crippen LogP) is 3.03. The maximum absolute atomic E-state index is 12.7. The topological polar surface area (TPSA) is 89.9 Å². The molecule has 1 N–H and O–H groups in total. The molecule has 0 spiro atoms. The van der Waals surface area contributed by atoms with Crippen molar-refractivity contribution in [3.63, 3.8) is 0 Å². The Balaban J connectivity index is 2.31. The summed E-state index contributed by atoms with van der Waals surface area (Å²) in [6.45, 7) is 3.47. The zero-order chi connectivity index (χ0) is 16.5. The van der Waals surface area contributed by atoms with E-state index in [1.54, 1.807) is 19.1 Å². The van der Waals surface area contributed by atoms with E-state index in [0.717, 1.165) is 4.47 Å². The molecule has 0 aliphatic carbocycles. The molecule has 0 radical (unpaired) electrons. The van der Waals surface area contributed by atoms with Crippen molar-refractivity contribution in [1.82, 2.24) is 0 Å². The summed E-state index contributed by atoms with van der Waals surface area (Å²) in [6, 6.07) is 6.28. The van der Waals surface area contributed by atoms with Crippen LogP contribution in [0.1, 0.15) is 20.3 Å². The van der Waals surface area contributed by atoms with E-state index >= 15 is 0 Å². The normalized spacial score (nSPS) is 29.5. The molecule has 0 amide bonds. The predicted molar refractivity (Wildman–Crippen MR) is 84.1 cm³/mol. The molecule has 1 aliphatic rings. The van der Waals surface area contributed by atoms with Crippen LogP contribution in [0.2, 0.25) is 0 Å². The van der Waals surface area contributed by atoms with Gasteiger partial charge in [-0.1, -0.05) is 29.8 Å². The van der Waals surface area contributed by atoms with Crippen LogP contribution in [-0.4, -0.2) is 31.0 Å². The largest absolute Gasteiger partial charge is 0.695 e. The van der Waals surface area contributed by atoms with E-state index in [2.05, 4.69) is 15.9 Å². The first kappa shape index (κ1) is 18.0. The number of hydrogen-bond acceptors (Lipinski definition) is 5. The Labute approximate surface area is 138 Å². The standard InChI is InChI=1S/C13H16BrO6PS/c1-3-11-12(20-21(15)16)8(2)13(19-11)22(17,18)10-6-4-9(14)5-7-10/h4-8,11-13H,3H2,1-2H3/p+1/t8-,11+,12?,13-/m0/s1. The summed E-state index contributed by atoms with van der Waals surface area (Å²) >= 11 is 3.26. The van der Waals surface area contributed by atoms with Crippen molar-refractivity contribution < 1.29 is 27.1 Å². The minimum absolute atomic E-state index is 0.149. The molecule has 22 heavy (non-hydrogen) atoms. The smallest absolute Gasteiger partial charge is 0.355 e. The molecule has 9 heteroatoms. The summed E-state index contributed by atoms with van der Waals surface area (Å²) in [6.07, 6.45) is -0.769. The molecular weight excluding hydrogens is 395 g/mol. The SMILES string of the molecule is CC[C@H]1O[C@@H](S(=O)(=O)c2ccc(Br)cc2)[C@@H](C)C1O[P+](=O)O. The van der Waals surface area contributed by atoms with Crippen molar-refractivity contribution in [3.05, 3.63) is 28.7 Å². The van der Waals surface area contributed by atoms with Gasteiger partial charge in [-0.25, -0.2) is 8.42 Å². The van der Waals surface area contributed by atoms with Crippen molar-refractivity contribution in [1.29, 1.82) is 0 Å². The Morgan fingerprint density at radius 1 is 1.36 bits per heavy atom. The second-order valence-corrected chi connectivity index (χ2v) is 8.75. The summed E-state index contributed by atoms with van der Waals surface area (Å²) in [7, 11) is -6.53. The molecule has 1 aromatic rings. The number of hydrogen-bond donors (Lipinski definition) is 1. The Morgan fingerprint density at radius 2 is 1.95 bits per heavy atom. The second kappa shape index (κ2) is 7.03. The third kappa shape index (κ3) is 3.58. The maximum Gasteiger partial charge on any atom is 0.695 e. The quantitative estimate of drug-likeness (QED) is 0.748. The molecular formula is C13H17BrO6PS+. The van der Waals surface area contributed by atoms with Gasteiger partial charge in [0.2, 0.25) is 9.84 Å². The van der Waals surface area contributed by atoms with Gasteiger partial charge in [0.05, 0.1) is 11.0 Å². The van der Waals surface area contributed by atoms with Crippen molar-refractivity contribution >= 4 is 34.0 Å². The molecule has 0 saturated carbocycles. The van der Waals surface area contributed by atoms with E-state index in [9.17, 15) is 13.0 Å². The van der Waals surface area contributed by atoms with Crippen LogP contribution in [0.5, 0.6) is 0 Å². The fourth-order valence-electron chi connectivity index (χ4n) is 2.58. The van der Waals surface area contributed by atoms with Crippen molar-refractivity contribution in [2.45, 2.75) is 42.8 Å². The van der Waals surface area contributed by atoms with Crippen LogP contribution >= 0.6 is 24.2 Å². The number of rotatable bonds is 5. The highest BCUT2D eigenvalue weighted by Gasteiger charge is 2.51. The van der Waals surface area contributed by atoms with Crippen LogP contribution in [0, 0.1) is 5.92 Å². The van der Waals surface area contributed by atoms with Gasteiger partial charge >= 0.3 is 8.25 Å². The lowest BCUT2D eigenvalue weighted by molar-refractivity contribution is 0.0382. The average Bonchev–Trinajstić information content (AvgIpc) is 2.76. The van der Waals surface area contributed by atoms with Gasteiger partial charge in [0, 0.05) is 15.0 Å². The molecule has 5 atom stereocenters. The van der Waals surface area contributed by atoms with E-state index in [4.69, 9.17) is 14.2 Å². The van der Waals surface area contributed by atoms with Gasteiger partial charge in [-0.3, -0.25) is 0 Å². The fourth-order valence-corrected chi connectivity index (χ4v) is 5.17. The first-order valence-electron chi connectivity index (χ1n) is 6.75. The lowest BCUT2D eigenvalue weighted by atomic mass is 10.0. The van der Waals surface area contributed by atoms with Crippen molar-refractivity contribution in [3.8, 4) is 0 Å². The molecule has 122 valence electrons. The number of halogens is 1. The van der Waals surface area contributed by atoms with E-state index in [-0.39, 0.29) is 4.90 Å². The first-order valence-corrected chi connectivity index (χ1v) is 10.2. The minimum atomic E-state index is -3.72. The van der Waals surface area contributed by atoms with Gasteiger partial charge in [0.25, 0.3) is 0 Å². The van der Waals surface area contributed by atoms with Crippen LogP contribution < -0.4 is 0 Å². The van der Waals surface area contributed by atoms with E-state index < -0.39 is 41.7 Å². The molecule has 0 bridgehead atoms. The fraction of sp³-hybridized carbons (Fsp3) is 0.538. The highest BCUT2D eigenvalue weighted by atomic mass is 79.9. The number of sulfone groups is 1. The third-order valence-electron chi connectivity index (χ3n) is 3.69. The Bertz CT molecular complexity index is 647. The Morgan fingerprint density at radius 3 is 2.45 bits per heavy atom. The number of benzene rings is 1. The molecule has 6 nitrogen and oxygen atoms in total. The highest BCUT2D eigenvalue weighted by molar-refractivity contribution is 9.10. The van der Waals surface area contributed by atoms with Gasteiger partial charge in [0.1, 0.15) is 6.10 Å². The molecule has 2 unspecified atom stereocenters. The van der Waals surface area contributed by atoms with Crippen LogP contribution in [-0.2, 0) is 23.7 Å². The summed E-state index contributed by atoms with van der Waals surface area (Å²) < 4.78 is 47.7. The van der Waals surface area contributed by atoms with Gasteiger partial charge in [-0.15, -0.1) is 9.42 Å². The third-order valence-corrected chi connectivity index (χ3v) is 6.72. The lowest BCUT2D eigenvalue weighted by Crippen LogP contribution is -2.30. The Kier molecular flexibility index (Phi) is 5.74. The van der Waals surface area contributed by atoms with Crippen LogP contribution in [0.3, 0.4) is 0 Å². The van der Waals surface area contributed by atoms with Gasteiger partial charge in [-0.05, 0) is 30.7 Å². The minimum Gasteiger partial charge on any atom is -0.355 e. The highest BCUT2D eigenvalue weighted by Crippen LogP contribution is 2.39. The zero-order valence-electron chi connectivity index (χ0n) is 12.0. The second-order valence-electron chi connectivity index (χ2n) is 5.12. The van der Waals surface area contributed by atoms with Crippen LogP contribution in [0.4, 0.5) is 0 Å². The average molecular weight is 412 g/mol. The summed E-state index contributed by atoms with van der Waals surface area (Å²) in [5.41, 5.74) is -1.10. The molecule has 1 heterocycles. The molecule has 2 rings (SSSR count).